The van der Waals surface area contributed by atoms with E-state index in [0.29, 0.717) is 18.9 Å². The smallest absolute Gasteiger partial charge is 0.327 e. The van der Waals surface area contributed by atoms with Crippen molar-refractivity contribution in [1.82, 2.24) is 24.8 Å². The Hall–Kier alpha value is -2.16. The van der Waals surface area contributed by atoms with Crippen molar-refractivity contribution in [3.63, 3.8) is 0 Å². The van der Waals surface area contributed by atoms with Crippen LogP contribution in [0.5, 0.6) is 5.75 Å². The lowest BCUT2D eigenvalue weighted by Gasteiger charge is -2.15. The van der Waals surface area contributed by atoms with Gasteiger partial charge in [-0.05, 0) is 46.8 Å². The summed E-state index contributed by atoms with van der Waals surface area (Å²) >= 11 is 3.54. The zero-order chi connectivity index (χ0) is 17.6. The van der Waals surface area contributed by atoms with Crippen LogP contribution >= 0.6 is 15.9 Å². The van der Waals surface area contributed by atoms with Crippen molar-refractivity contribution in [3.05, 3.63) is 16.6 Å². The standard InChI is InChI=1S/C16H18BrN5O3/c1-20-13(23)9-21(16(20)24)6-7-25-12-5-4-11-15(14(12)17)18-19-22(11)8-10-2-3-10/h4-5,10H,2-3,6-9H2,1H3. The number of likely N-dealkylation sites (N-methyl/N-ethyl adjacent to an activating group) is 1. The number of fused-ring (bicyclic) bond motifs is 1. The van der Waals surface area contributed by atoms with Gasteiger partial charge in [0, 0.05) is 13.6 Å². The van der Waals surface area contributed by atoms with E-state index in [9.17, 15) is 9.59 Å². The summed E-state index contributed by atoms with van der Waals surface area (Å²) in [5, 5.41) is 8.48. The molecule has 25 heavy (non-hydrogen) atoms. The number of ether oxygens (including phenoxy) is 1. The second-order valence-electron chi connectivity index (χ2n) is 6.47. The first kappa shape index (κ1) is 16.3. The topological polar surface area (TPSA) is 80.6 Å². The normalized spacial score (nSPS) is 17.8. The number of amides is 3. The van der Waals surface area contributed by atoms with E-state index in [4.69, 9.17) is 4.74 Å². The van der Waals surface area contributed by atoms with Gasteiger partial charge in [-0.25, -0.2) is 9.48 Å². The van der Waals surface area contributed by atoms with Gasteiger partial charge in [-0.15, -0.1) is 5.10 Å². The lowest BCUT2D eigenvalue weighted by Crippen LogP contribution is -2.32. The molecule has 0 bridgehead atoms. The van der Waals surface area contributed by atoms with E-state index >= 15 is 0 Å². The molecule has 0 unspecified atom stereocenters. The Labute approximate surface area is 152 Å². The molecule has 2 fully saturated rings. The molecule has 0 spiro atoms. The van der Waals surface area contributed by atoms with Crippen LogP contribution in [0.1, 0.15) is 12.8 Å². The van der Waals surface area contributed by atoms with Gasteiger partial charge < -0.3 is 9.64 Å². The fourth-order valence-corrected chi connectivity index (χ4v) is 3.40. The van der Waals surface area contributed by atoms with Crippen LogP contribution in [-0.2, 0) is 11.3 Å². The maximum absolute atomic E-state index is 11.8. The monoisotopic (exact) mass is 407 g/mol. The highest BCUT2D eigenvalue weighted by atomic mass is 79.9. The third-order valence-corrected chi connectivity index (χ3v) is 5.36. The van der Waals surface area contributed by atoms with Crippen LogP contribution in [0.3, 0.4) is 0 Å². The highest BCUT2D eigenvalue weighted by Gasteiger charge is 2.32. The van der Waals surface area contributed by atoms with Crippen LogP contribution in [0.25, 0.3) is 11.0 Å². The molecule has 1 aliphatic carbocycles. The quantitative estimate of drug-likeness (QED) is 0.682. The minimum Gasteiger partial charge on any atom is -0.490 e. The average Bonchev–Trinajstić information content (AvgIpc) is 3.27. The molecule has 1 saturated heterocycles. The van der Waals surface area contributed by atoms with Crippen molar-refractivity contribution in [3.8, 4) is 5.75 Å². The molecule has 2 aromatic rings. The zero-order valence-corrected chi connectivity index (χ0v) is 15.4. The third-order valence-electron chi connectivity index (χ3n) is 4.59. The molecular weight excluding hydrogens is 390 g/mol. The molecular formula is C16H18BrN5O3. The van der Waals surface area contributed by atoms with E-state index in [0.717, 1.165) is 32.9 Å². The summed E-state index contributed by atoms with van der Waals surface area (Å²) < 4.78 is 8.47. The van der Waals surface area contributed by atoms with Gasteiger partial charge in [0.2, 0.25) is 5.91 Å². The molecule has 1 aromatic carbocycles. The number of aromatic nitrogens is 3. The second-order valence-corrected chi connectivity index (χ2v) is 7.26. The highest BCUT2D eigenvalue weighted by Crippen LogP contribution is 2.34. The van der Waals surface area contributed by atoms with Crippen LogP contribution in [0.2, 0.25) is 0 Å². The van der Waals surface area contributed by atoms with Gasteiger partial charge in [0.05, 0.1) is 16.5 Å². The average molecular weight is 408 g/mol. The second kappa shape index (κ2) is 6.29. The van der Waals surface area contributed by atoms with Gasteiger partial charge >= 0.3 is 6.03 Å². The van der Waals surface area contributed by atoms with Crippen molar-refractivity contribution in [2.75, 3.05) is 26.7 Å². The SMILES string of the molecule is CN1C(=O)CN(CCOc2ccc3c(nnn3CC3CC3)c2Br)C1=O. The number of rotatable bonds is 6. The van der Waals surface area contributed by atoms with E-state index in [1.54, 1.807) is 0 Å². The number of benzene rings is 1. The van der Waals surface area contributed by atoms with Crippen molar-refractivity contribution in [2.24, 2.45) is 5.92 Å². The molecule has 2 aliphatic rings. The van der Waals surface area contributed by atoms with Gasteiger partial charge in [-0.2, -0.15) is 0 Å². The number of imide groups is 1. The molecule has 0 radical (unpaired) electrons. The molecule has 1 aliphatic heterocycles. The fraction of sp³-hybridized carbons (Fsp3) is 0.500. The molecule has 1 aromatic heterocycles. The molecule has 0 atom stereocenters. The van der Waals surface area contributed by atoms with E-state index < -0.39 is 0 Å². The lowest BCUT2D eigenvalue weighted by atomic mass is 10.3. The van der Waals surface area contributed by atoms with Gasteiger partial charge in [0.15, 0.2) is 0 Å². The predicted molar refractivity (Wildman–Crippen MR) is 93.2 cm³/mol. The number of urea groups is 1. The van der Waals surface area contributed by atoms with Crippen LogP contribution < -0.4 is 4.74 Å². The zero-order valence-electron chi connectivity index (χ0n) is 13.8. The fourth-order valence-electron chi connectivity index (χ4n) is 2.87. The Balaban J connectivity index is 1.42. The number of carbonyl (C=O) groups excluding carboxylic acids is 2. The Morgan fingerprint density at radius 3 is 2.80 bits per heavy atom. The van der Waals surface area contributed by atoms with E-state index in [-0.39, 0.29) is 18.5 Å². The Bertz CT molecular complexity index is 848. The first-order valence-corrected chi connectivity index (χ1v) is 9.04. The molecule has 8 nitrogen and oxygen atoms in total. The summed E-state index contributed by atoms with van der Waals surface area (Å²) in [5.41, 5.74) is 1.75. The Morgan fingerprint density at radius 2 is 2.12 bits per heavy atom. The van der Waals surface area contributed by atoms with Crippen molar-refractivity contribution >= 4 is 38.9 Å². The number of halogens is 1. The molecule has 132 valence electrons. The Kier molecular flexibility index (Phi) is 4.10. The van der Waals surface area contributed by atoms with Crippen molar-refractivity contribution < 1.29 is 14.3 Å². The summed E-state index contributed by atoms with van der Waals surface area (Å²) in [6.07, 6.45) is 2.52. The molecule has 0 N–H and O–H groups in total. The van der Waals surface area contributed by atoms with E-state index in [2.05, 4.69) is 26.2 Å². The molecule has 9 heteroatoms. The van der Waals surface area contributed by atoms with E-state index in [1.165, 1.54) is 24.8 Å². The van der Waals surface area contributed by atoms with Crippen LogP contribution in [0, 0.1) is 5.92 Å². The van der Waals surface area contributed by atoms with Crippen molar-refractivity contribution in [1.29, 1.82) is 0 Å². The van der Waals surface area contributed by atoms with E-state index in [1.807, 2.05) is 16.8 Å². The Morgan fingerprint density at radius 1 is 1.32 bits per heavy atom. The summed E-state index contributed by atoms with van der Waals surface area (Å²) in [4.78, 5) is 25.9. The third kappa shape index (κ3) is 3.08. The minimum atomic E-state index is -0.286. The number of nitrogens with zero attached hydrogens (tertiary/aromatic N) is 5. The summed E-state index contributed by atoms with van der Waals surface area (Å²) in [6, 6.07) is 3.55. The largest absolute Gasteiger partial charge is 0.490 e. The summed E-state index contributed by atoms with van der Waals surface area (Å²) in [7, 11) is 1.49. The number of hydrogen-bond acceptors (Lipinski definition) is 5. The molecule has 3 amide bonds. The van der Waals surface area contributed by atoms with Crippen LogP contribution in [0.4, 0.5) is 4.79 Å². The first-order chi connectivity index (χ1) is 12.0. The molecule has 4 rings (SSSR count). The van der Waals surface area contributed by atoms with Gasteiger partial charge in [0.25, 0.3) is 0 Å². The number of hydrogen-bond donors (Lipinski definition) is 0. The summed E-state index contributed by atoms with van der Waals surface area (Å²) in [6.45, 7) is 1.66. The van der Waals surface area contributed by atoms with Gasteiger partial charge in [0.1, 0.15) is 24.4 Å². The van der Waals surface area contributed by atoms with Gasteiger partial charge in [-0.1, -0.05) is 5.21 Å². The van der Waals surface area contributed by atoms with Crippen LogP contribution in [-0.4, -0.2) is 63.5 Å². The predicted octanol–water partition coefficient (Wildman–Crippen LogP) is 1.88. The van der Waals surface area contributed by atoms with Crippen LogP contribution in [0.15, 0.2) is 16.6 Å². The maximum Gasteiger partial charge on any atom is 0.327 e. The lowest BCUT2D eigenvalue weighted by molar-refractivity contribution is -0.124. The maximum atomic E-state index is 11.8. The summed E-state index contributed by atoms with van der Waals surface area (Å²) in [5.74, 6) is 1.18. The first-order valence-electron chi connectivity index (χ1n) is 8.24. The minimum absolute atomic E-state index is 0.106. The van der Waals surface area contributed by atoms with Crippen molar-refractivity contribution in [2.45, 2.75) is 19.4 Å². The molecule has 1 saturated carbocycles. The number of carbonyl (C=O) groups is 2. The highest BCUT2D eigenvalue weighted by molar-refractivity contribution is 9.10. The van der Waals surface area contributed by atoms with Gasteiger partial charge in [-0.3, -0.25) is 9.69 Å². The molecule has 2 heterocycles.